The van der Waals surface area contributed by atoms with Crippen LogP contribution in [0.1, 0.15) is 101 Å². The Labute approximate surface area is 243 Å². The van der Waals surface area contributed by atoms with Crippen molar-refractivity contribution in [1.82, 2.24) is 0 Å². The van der Waals surface area contributed by atoms with Gasteiger partial charge in [0.1, 0.15) is 0 Å². The number of carbonyl (C=O) groups excluding carboxylic acids is 4. The molecule has 2 N–H and O–H groups in total. The molecule has 1 heterocycles. The van der Waals surface area contributed by atoms with Crippen LogP contribution < -0.4 is 15.5 Å². The predicted octanol–water partition coefficient (Wildman–Crippen LogP) is 7.64. The summed E-state index contributed by atoms with van der Waals surface area (Å²) in [6.45, 7) is 4.22. The lowest BCUT2D eigenvalue weighted by atomic mass is 9.82. The Morgan fingerprint density at radius 1 is 0.756 bits per heavy atom. The lowest BCUT2D eigenvalue weighted by Crippen LogP contribution is -2.30. The summed E-state index contributed by atoms with van der Waals surface area (Å²) < 4.78 is 0. The highest BCUT2D eigenvalue weighted by Gasteiger charge is 2.48. The molecular formula is C34H43N3O4. The number of rotatable bonds is 14. The molecule has 7 nitrogen and oxygen atoms in total. The average molecular weight is 558 g/mol. The lowest BCUT2D eigenvalue weighted by molar-refractivity contribution is -0.122. The third-order valence-corrected chi connectivity index (χ3v) is 8.14. The third kappa shape index (κ3) is 8.15. The fourth-order valence-corrected chi connectivity index (χ4v) is 5.71. The molecule has 218 valence electrons. The van der Waals surface area contributed by atoms with E-state index in [-0.39, 0.29) is 35.5 Å². The molecule has 0 radical (unpaired) electrons. The van der Waals surface area contributed by atoms with Gasteiger partial charge in [0.25, 0.3) is 5.91 Å². The van der Waals surface area contributed by atoms with Crippen LogP contribution in [0, 0.1) is 11.8 Å². The van der Waals surface area contributed by atoms with E-state index in [0.717, 1.165) is 18.4 Å². The summed E-state index contributed by atoms with van der Waals surface area (Å²) in [5, 5.41) is 5.78. The second-order valence-corrected chi connectivity index (χ2v) is 11.4. The number of anilines is 3. The molecule has 2 aromatic rings. The van der Waals surface area contributed by atoms with E-state index in [1.807, 2.05) is 13.0 Å². The Morgan fingerprint density at radius 3 is 1.95 bits per heavy atom. The van der Waals surface area contributed by atoms with Crippen LogP contribution in [-0.4, -0.2) is 23.6 Å². The van der Waals surface area contributed by atoms with Crippen molar-refractivity contribution < 1.29 is 19.2 Å². The zero-order valence-corrected chi connectivity index (χ0v) is 24.4. The Morgan fingerprint density at radius 2 is 1.32 bits per heavy atom. The van der Waals surface area contributed by atoms with Crippen molar-refractivity contribution in [3.63, 3.8) is 0 Å². The SMILES string of the molecule is CCCCCCCCCCCC(=O)Nc1ccc(NC(=O)c2ccc(N3C(=O)[C@H]4CC(C)=CC[C@H]4C3=O)cc2)cc1. The molecule has 1 fully saturated rings. The van der Waals surface area contributed by atoms with Gasteiger partial charge in [-0.2, -0.15) is 0 Å². The molecular weight excluding hydrogens is 514 g/mol. The molecule has 2 atom stereocenters. The Bertz CT molecular complexity index is 1250. The van der Waals surface area contributed by atoms with Gasteiger partial charge in [-0.25, -0.2) is 0 Å². The van der Waals surface area contributed by atoms with Crippen molar-refractivity contribution >= 4 is 40.7 Å². The molecule has 2 aromatic carbocycles. The van der Waals surface area contributed by atoms with E-state index in [9.17, 15) is 19.2 Å². The van der Waals surface area contributed by atoms with E-state index in [1.165, 1.54) is 49.8 Å². The van der Waals surface area contributed by atoms with Crippen molar-refractivity contribution in [3.8, 4) is 0 Å². The molecule has 0 saturated carbocycles. The molecule has 2 aliphatic rings. The van der Waals surface area contributed by atoms with Crippen LogP contribution in [-0.2, 0) is 14.4 Å². The smallest absolute Gasteiger partial charge is 0.255 e. The van der Waals surface area contributed by atoms with Gasteiger partial charge in [0.2, 0.25) is 17.7 Å². The minimum atomic E-state index is -0.300. The number of nitrogens with zero attached hydrogens (tertiary/aromatic N) is 1. The largest absolute Gasteiger partial charge is 0.326 e. The van der Waals surface area contributed by atoms with Crippen LogP contribution in [0.4, 0.5) is 17.1 Å². The van der Waals surface area contributed by atoms with E-state index < -0.39 is 0 Å². The zero-order valence-electron chi connectivity index (χ0n) is 24.4. The van der Waals surface area contributed by atoms with E-state index >= 15 is 0 Å². The molecule has 4 amide bonds. The number of amides is 4. The molecule has 0 spiro atoms. The second kappa shape index (κ2) is 14.8. The summed E-state index contributed by atoms with van der Waals surface area (Å²) in [5.41, 5.74) is 3.35. The molecule has 1 aliphatic carbocycles. The summed E-state index contributed by atoms with van der Waals surface area (Å²) in [7, 11) is 0. The van der Waals surface area contributed by atoms with Gasteiger partial charge in [0, 0.05) is 23.4 Å². The molecule has 1 saturated heterocycles. The summed E-state index contributed by atoms with van der Waals surface area (Å²) >= 11 is 0. The Hall–Kier alpha value is -3.74. The summed E-state index contributed by atoms with van der Waals surface area (Å²) in [5.74, 6) is -1.21. The quantitative estimate of drug-likeness (QED) is 0.142. The van der Waals surface area contributed by atoms with Gasteiger partial charge in [0.05, 0.1) is 17.5 Å². The molecule has 7 heteroatoms. The molecule has 0 bridgehead atoms. The predicted molar refractivity (Wildman–Crippen MR) is 164 cm³/mol. The van der Waals surface area contributed by atoms with Crippen molar-refractivity contribution in [3.05, 3.63) is 65.7 Å². The normalized spacial score (nSPS) is 18.2. The topological polar surface area (TPSA) is 95.6 Å². The maximum Gasteiger partial charge on any atom is 0.255 e. The van der Waals surface area contributed by atoms with E-state index in [2.05, 4.69) is 17.6 Å². The standard InChI is InChI=1S/C34H43N3O4/c1-3-4-5-6-7-8-9-10-11-12-31(38)35-26-16-18-27(19-17-26)36-32(39)25-14-20-28(21-15-25)37-33(40)29-22-13-24(2)23-30(29)34(37)41/h13-21,29-30H,3-12,22-23H2,1-2H3,(H,35,38)(H,36,39)/t29-,30+/m1/s1. The molecule has 0 unspecified atom stereocenters. The fraction of sp³-hybridized carbons (Fsp3) is 0.471. The van der Waals surface area contributed by atoms with Gasteiger partial charge in [-0.05, 0) is 74.7 Å². The monoisotopic (exact) mass is 557 g/mol. The van der Waals surface area contributed by atoms with Crippen molar-refractivity contribution in [1.29, 1.82) is 0 Å². The maximum atomic E-state index is 12.9. The maximum absolute atomic E-state index is 12.9. The highest BCUT2D eigenvalue weighted by atomic mass is 16.2. The van der Waals surface area contributed by atoms with Crippen molar-refractivity contribution in [2.75, 3.05) is 15.5 Å². The number of hydrogen-bond acceptors (Lipinski definition) is 4. The first-order valence-electron chi connectivity index (χ1n) is 15.2. The number of unbranched alkanes of at least 4 members (excludes halogenated alkanes) is 8. The Balaban J connectivity index is 1.20. The van der Waals surface area contributed by atoms with Gasteiger partial charge in [0.15, 0.2) is 0 Å². The number of imide groups is 1. The van der Waals surface area contributed by atoms with Crippen LogP contribution in [0.3, 0.4) is 0 Å². The minimum Gasteiger partial charge on any atom is -0.326 e. The highest BCUT2D eigenvalue weighted by molar-refractivity contribution is 6.22. The minimum absolute atomic E-state index is 0.00503. The number of benzene rings is 2. The van der Waals surface area contributed by atoms with E-state index in [1.54, 1.807) is 48.5 Å². The first-order valence-corrected chi connectivity index (χ1v) is 15.2. The van der Waals surface area contributed by atoms with Crippen LogP contribution in [0.25, 0.3) is 0 Å². The molecule has 41 heavy (non-hydrogen) atoms. The van der Waals surface area contributed by atoms with Crippen LogP contribution in [0.2, 0.25) is 0 Å². The van der Waals surface area contributed by atoms with Crippen LogP contribution in [0.5, 0.6) is 0 Å². The van der Waals surface area contributed by atoms with E-state index in [4.69, 9.17) is 0 Å². The summed E-state index contributed by atoms with van der Waals surface area (Å²) in [6, 6.07) is 13.6. The lowest BCUT2D eigenvalue weighted by Gasteiger charge is -2.18. The van der Waals surface area contributed by atoms with Gasteiger partial charge >= 0.3 is 0 Å². The summed E-state index contributed by atoms with van der Waals surface area (Å²) in [6.07, 6.45) is 14.7. The highest BCUT2D eigenvalue weighted by Crippen LogP contribution is 2.39. The first-order chi connectivity index (χ1) is 19.9. The number of allylic oxidation sites excluding steroid dienone is 2. The second-order valence-electron chi connectivity index (χ2n) is 11.4. The summed E-state index contributed by atoms with van der Waals surface area (Å²) in [4.78, 5) is 52.2. The van der Waals surface area contributed by atoms with Crippen molar-refractivity contribution in [2.45, 2.75) is 90.9 Å². The van der Waals surface area contributed by atoms with Gasteiger partial charge in [-0.3, -0.25) is 24.1 Å². The number of fused-ring (bicyclic) bond motifs is 1. The van der Waals surface area contributed by atoms with E-state index in [0.29, 0.717) is 41.9 Å². The number of hydrogen-bond donors (Lipinski definition) is 2. The van der Waals surface area contributed by atoms with Crippen molar-refractivity contribution in [2.24, 2.45) is 11.8 Å². The zero-order chi connectivity index (χ0) is 29.2. The van der Waals surface area contributed by atoms with Crippen LogP contribution >= 0.6 is 0 Å². The van der Waals surface area contributed by atoms with Gasteiger partial charge in [-0.15, -0.1) is 0 Å². The number of carbonyl (C=O) groups is 4. The molecule has 0 aromatic heterocycles. The first kappa shape index (κ1) is 30.2. The fourth-order valence-electron chi connectivity index (χ4n) is 5.71. The third-order valence-electron chi connectivity index (χ3n) is 8.14. The number of nitrogens with one attached hydrogen (secondary N) is 2. The van der Waals surface area contributed by atoms with Crippen LogP contribution in [0.15, 0.2) is 60.2 Å². The van der Waals surface area contributed by atoms with Gasteiger partial charge < -0.3 is 10.6 Å². The Kier molecular flexibility index (Phi) is 10.9. The molecule has 1 aliphatic heterocycles. The average Bonchev–Trinajstić information content (AvgIpc) is 3.21. The molecule has 4 rings (SSSR count). The van der Waals surface area contributed by atoms with Gasteiger partial charge in [-0.1, -0.05) is 69.9 Å².